The van der Waals surface area contributed by atoms with E-state index in [0.29, 0.717) is 17.4 Å². The molecular weight excluding hydrogens is 206 g/mol. The number of hydroxylamine groups is 1. The number of nitrogen functional groups attached to an aromatic ring is 2. The molecule has 1 unspecified atom stereocenters. The molecule has 2 rings (SSSR count). The fraction of sp³-hybridized carbons (Fsp3) is 0.500. The van der Waals surface area contributed by atoms with Gasteiger partial charge in [-0.15, -0.1) is 0 Å². The topological polar surface area (TPSA) is 89.4 Å². The minimum atomic E-state index is 0.323. The fourth-order valence-electron chi connectivity index (χ4n) is 1.97. The molecule has 1 saturated heterocycles. The van der Waals surface area contributed by atoms with Crippen LogP contribution in [0.2, 0.25) is 0 Å². The lowest BCUT2D eigenvalue weighted by Crippen LogP contribution is -2.32. The van der Waals surface area contributed by atoms with Gasteiger partial charge in [0.25, 0.3) is 0 Å². The predicted octanol–water partition coefficient (Wildman–Crippen LogP) is -0.0243. The van der Waals surface area contributed by atoms with Crippen LogP contribution in [0.4, 0.5) is 17.2 Å². The molecule has 0 saturated carbocycles. The highest BCUT2D eigenvalue weighted by Crippen LogP contribution is 2.25. The van der Waals surface area contributed by atoms with Crippen LogP contribution in [-0.4, -0.2) is 31.2 Å². The molecule has 2 heterocycles. The molecule has 6 heteroatoms. The maximum absolute atomic E-state index is 5.88. The minimum Gasteiger partial charge on any atom is -0.397 e. The highest BCUT2D eigenvalue weighted by atomic mass is 16.6. The molecule has 0 aliphatic carbocycles. The predicted molar refractivity (Wildman–Crippen MR) is 63.8 cm³/mol. The van der Waals surface area contributed by atoms with Gasteiger partial charge in [0.2, 0.25) is 0 Å². The Hall–Kier alpha value is -1.53. The highest BCUT2D eigenvalue weighted by molar-refractivity contribution is 5.67. The van der Waals surface area contributed by atoms with Crippen molar-refractivity contribution in [2.75, 3.05) is 36.6 Å². The van der Waals surface area contributed by atoms with Gasteiger partial charge in [0.05, 0.1) is 30.7 Å². The molecule has 0 radical (unpaired) electrons. The average molecular weight is 223 g/mol. The Labute approximate surface area is 94.5 Å². The Morgan fingerprint density at radius 2 is 2.38 bits per heavy atom. The summed E-state index contributed by atoms with van der Waals surface area (Å²) < 4.78 is 0. The van der Waals surface area contributed by atoms with Crippen molar-refractivity contribution in [2.24, 2.45) is 0 Å². The van der Waals surface area contributed by atoms with Gasteiger partial charge >= 0.3 is 0 Å². The van der Waals surface area contributed by atoms with Crippen molar-refractivity contribution in [1.29, 1.82) is 0 Å². The van der Waals surface area contributed by atoms with Crippen molar-refractivity contribution in [1.82, 2.24) is 10.5 Å². The average Bonchev–Trinajstić information content (AvgIpc) is 2.67. The first-order chi connectivity index (χ1) is 7.70. The van der Waals surface area contributed by atoms with Gasteiger partial charge < -0.3 is 21.2 Å². The molecule has 16 heavy (non-hydrogen) atoms. The van der Waals surface area contributed by atoms with Crippen LogP contribution >= 0.6 is 0 Å². The normalized spacial score (nSPS) is 20.3. The van der Waals surface area contributed by atoms with Crippen molar-refractivity contribution in [3.05, 3.63) is 12.3 Å². The number of hydrogen-bond donors (Lipinski definition) is 3. The van der Waals surface area contributed by atoms with E-state index in [1.54, 1.807) is 19.4 Å². The Bertz CT molecular complexity index is 370. The number of pyridine rings is 1. The molecule has 0 aromatic carbocycles. The number of hydrogen-bond acceptors (Lipinski definition) is 6. The standard InChI is InChI=1S/C10H17N5O/c1-16-14-8-2-3-15(6-8)10-9(12)4-7(11)5-13-10/h4-5,8,14H,2-3,6,11-12H2,1H3. The Morgan fingerprint density at radius 3 is 3.06 bits per heavy atom. The summed E-state index contributed by atoms with van der Waals surface area (Å²) >= 11 is 0. The molecular formula is C10H17N5O. The molecule has 0 amide bonds. The summed E-state index contributed by atoms with van der Waals surface area (Å²) in [5.41, 5.74) is 15.6. The van der Waals surface area contributed by atoms with Gasteiger partial charge in [0.1, 0.15) is 0 Å². The first-order valence-corrected chi connectivity index (χ1v) is 5.25. The van der Waals surface area contributed by atoms with E-state index < -0.39 is 0 Å². The smallest absolute Gasteiger partial charge is 0.151 e. The first kappa shape index (κ1) is 11.0. The van der Waals surface area contributed by atoms with E-state index in [4.69, 9.17) is 16.3 Å². The van der Waals surface area contributed by atoms with Crippen LogP contribution in [0.5, 0.6) is 0 Å². The van der Waals surface area contributed by atoms with E-state index >= 15 is 0 Å². The highest BCUT2D eigenvalue weighted by Gasteiger charge is 2.24. The Morgan fingerprint density at radius 1 is 1.56 bits per heavy atom. The third kappa shape index (κ3) is 2.17. The van der Waals surface area contributed by atoms with Crippen molar-refractivity contribution >= 4 is 17.2 Å². The number of nitrogens with two attached hydrogens (primary N) is 2. The number of aromatic nitrogens is 1. The lowest BCUT2D eigenvalue weighted by molar-refractivity contribution is 0.0669. The van der Waals surface area contributed by atoms with Gasteiger partial charge in [-0.3, -0.25) is 0 Å². The van der Waals surface area contributed by atoms with Crippen molar-refractivity contribution in [2.45, 2.75) is 12.5 Å². The molecule has 1 atom stereocenters. The summed E-state index contributed by atoms with van der Waals surface area (Å²) in [5, 5.41) is 0. The zero-order valence-electron chi connectivity index (χ0n) is 9.31. The zero-order valence-corrected chi connectivity index (χ0v) is 9.31. The van der Waals surface area contributed by atoms with Crippen LogP contribution in [0.1, 0.15) is 6.42 Å². The number of anilines is 3. The summed E-state index contributed by atoms with van der Waals surface area (Å²) in [6.45, 7) is 1.76. The molecule has 6 nitrogen and oxygen atoms in total. The van der Waals surface area contributed by atoms with Gasteiger partial charge in [-0.2, -0.15) is 5.48 Å². The quantitative estimate of drug-likeness (QED) is 0.624. The SMILES string of the molecule is CONC1CCN(c2ncc(N)cc2N)C1. The first-order valence-electron chi connectivity index (χ1n) is 5.25. The second-order valence-electron chi connectivity index (χ2n) is 3.94. The molecule has 0 bridgehead atoms. The van der Waals surface area contributed by atoms with Crippen LogP contribution in [0.3, 0.4) is 0 Å². The summed E-state index contributed by atoms with van der Waals surface area (Å²) in [5.74, 6) is 0.801. The number of nitrogens with one attached hydrogen (secondary N) is 1. The Balaban J connectivity index is 2.08. The molecule has 1 aromatic heterocycles. The van der Waals surface area contributed by atoms with Crippen LogP contribution < -0.4 is 21.8 Å². The van der Waals surface area contributed by atoms with Gasteiger partial charge in [-0.25, -0.2) is 4.98 Å². The van der Waals surface area contributed by atoms with Crippen molar-refractivity contribution in [3.8, 4) is 0 Å². The number of rotatable bonds is 3. The summed E-state index contributed by atoms with van der Waals surface area (Å²) in [6, 6.07) is 2.06. The second-order valence-corrected chi connectivity index (χ2v) is 3.94. The van der Waals surface area contributed by atoms with Crippen LogP contribution in [0, 0.1) is 0 Å². The van der Waals surface area contributed by atoms with Crippen molar-refractivity contribution in [3.63, 3.8) is 0 Å². The van der Waals surface area contributed by atoms with E-state index in [1.807, 2.05) is 0 Å². The minimum absolute atomic E-state index is 0.323. The molecule has 1 aliphatic heterocycles. The zero-order chi connectivity index (χ0) is 11.5. The second kappa shape index (κ2) is 4.54. The summed E-state index contributed by atoms with van der Waals surface area (Å²) in [7, 11) is 1.62. The Kier molecular flexibility index (Phi) is 3.12. The van der Waals surface area contributed by atoms with E-state index in [2.05, 4.69) is 15.4 Å². The molecule has 5 N–H and O–H groups in total. The van der Waals surface area contributed by atoms with E-state index in [1.165, 1.54) is 0 Å². The lowest BCUT2D eigenvalue weighted by Gasteiger charge is -2.19. The van der Waals surface area contributed by atoms with E-state index in [-0.39, 0.29) is 0 Å². The van der Waals surface area contributed by atoms with E-state index in [0.717, 1.165) is 25.3 Å². The summed E-state index contributed by atoms with van der Waals surface area (Å²) in [4.78, 5) is 11.3. The third-order valence-corrected chi connectivity index (χ3v) is 2.69. The molecule has 1 aliphatic rings. The fourth-order valence-corrected chi connectivity index (χ4v) is 1.97. The van der Waals surface area contributed by atoms with Gasteiger partial charge in [-0.1, -0.05) is 0 Å². The van der Waals surface area contributed by atoms with Gasteiger partial charge in [0, 0.05) is 13.1 Å². The molecule has 88 valence electrons. The number of nitrogens with zero attached hydrogens (tertiary/aromatic N) is 2. The summed E-state index contributed by atoms with van der Waals surface area (Å²) in [6.07, 6.45) is 2.64. The molecule has 1 aromatic rings. The largest absolute Gasteiger partial charge is 0.397 e. The molecule has 1 fully saturated rings. The third-order valence-electron chi connectivity index (χ3n) is 2.69. The maximum Gasteiger partial charge on any atom is 0.151 e. The lowest BCUT2D eigenvalue weighted by atomic mass is 10.3. The van der Waals surface area contributed by atoms with Crippen molar-refractivity contribution < 1.29 is 4.84 Å². The van der Waals surface area contributed by atoms with Gasteiger partial charge in [-0.05, 0) is 12.5 Å². The molecule has 0 spiro atoms. The van der Waals surface area contributed by atoms with Crippen LogP contribution in [0.15, 0.2) is 12.3 Å². The van der Waals surface area contributed by atoms with Crippen LogP contribution in [0.25, 0.3) is 0 Å². The van der Waals surface area contributed by atoms with Gasteiger partial charge in [0.15, 0.2) is 5.82 Å². The van der Waals surface area contributed by atoms with Crippen LogP contribution in [-0.2, 0) is 4.84 Å². The monoisotopic (exact) mass is 223 g/mol. The van der Waals surface area contributed by atoms with E-state index in [9.17, 15) is 0 Å². The maximum atomic E-state index is 5.88.